The molecule has 0 N–H and O–H groups in total. The fourth-order valence-corrected chi connectivity index (χ4v) is 3.09. The molecule has 0 aliphatic carbocycles. The van der Waals surface area contributed by atoms with Crippen LogP contribution in [0.4, 0.5) is 0 Å². The maximum absolute atomic E-state index is 12.5. The van der Waals surface area contributed by atoms with E-state index in [-0.39, 0.29) is 5.56 Å². The first kappa shape index (κ1) is 9.89. The van der Waals surface area contributed by atoms with E-state index in [1.807, 2.05) is 16.7 Å². The molecular formula is C16H13NO. The predicted octanol–water partition coefficient (Wildman–Crippen LogP) is 3.02. The summed E-state index contributed by atoms with van der Waals surface area (Å²) in [5.74, 6) is 0. The lowest BCUT2D eigenvalue weighted by molar-refractivity contribution is 0.747. The van der Waals surface area contributed by atoms with E-state index in [1.165, 1.54) is 16.5 Å². The number of pyridine rings is 1. The molecule has 0 radical (unpaired) electrons. The number of para-hydroxylation sites is 1. The molecule has 0 saturated carbocycles. The minimum atomic E-state index is 0.155. The largest absolute Gasteiger partial charge is 0.307 e. The van der Waals surface area contributed by atoms with Crippen LogP contribution in [-0.4, -0.2) is 4.57 Å². The van der Waals surface area contributed by atoms with Crippen molar-refractivity contribution in [1.29, 1.82) is 0 Å². The second-order valence-corrected chi connectivity index (χ2v) is 5.07. The van der Waals surface area contributed by atoms with E-state index in [1.54, 1.807) is 0 Å². The van der Waals surface area contributed by atoms with Crippen molar-refractivity contribution in [1.82, 2.24) is 4.57 Å². The van der Waals surface area contributed by atoms with Crippen molar-refractivity contribution in [2.75, 3.05) is 0 Å². The monoisotopic (exact) mass is 235 g/mol. The molecule has 2 nitrogen and oxygen atoms in total. The average Bonchev–Trinajstić information content (AvgIpc) is 2.81. The van der Waals surface area contributed by atoms with Crippen molar-refractivity contribution in [3.63, 3.8) is 0 Å². The van der Waals surface area contributed by atoms with E-state index >= 15 is 0 Å². The summed E-state index contributed by atoms with van der Waals surface area (Å²) >= 11 is 0. The SMILES string of the molecule is Cc1ccc2c(=O)n3c4c(cccc4c2c1)CC3. The Labute approximate surface area is 104 Å². The van der Waals surface area contributed by atoms with Crippen LogP contribution in [0, 0.1) is 6.92 Å². The molecule has 88 valence electrons. The van der Waals surface area contributed by atoms with Gasteiger partial charge in [-0.2, -0.15) is 0 Å². The Morgan fingerprint density at radius 2 is 1.94 bits per heavy atom. The first-order valence-electron chi connectivity index (χ1n) is 6.30. The van der Waals surface area contributed by atoms with Crippen LogP contribution in [0.15, 0.2) is 41.2 Å². The molecule has 1 aliphatic heterocycles. The quantitative estimate of drug-likeness (QED) is 0.549. The first-order chi connectivity index (χ1) is 8.75. The van der Waals surface area contributed by atoms with E-state index < -0.39 is 0 Å². The maximum atomic E-state index is 12.5. The minimum Gasteiger partial charge on any atom is -0.307 e. The van der Waals surface area contributed by atoms with Gasteiger partial charge in [0, 0.05) is 17.3 Å². The zero-order chi connectivity index (χ0) is 12.3. The standard InChI is InChI=1S/C16H13NO/c1-10-5-6-13-14(9-10)12-4-2-3-11-7-8-17(15(11)12)16(13)18/h2-6,9H,7-8H2,1H3. The number of aromatic nitrogens is 1. The third-order valence-corrected chi connectivity index (χ3v) is 3.94. The van der Waals surface area contributed by atoms with E-state index in [2.05, 4.69) is 31.2 Å². The molecule has 2 heterocycles. The van der Waals surface area contributed by atoms with Gasteiger partial charge in [-0.3, -0.25) is 4.79 Å². The number of benzene rings is 2. The molecule has 0 bridgehead atoms. The number of aryl methyl sites for hydroxylation is 3. The van der Waals surface area contributed by atoms with Gasteiger partial charge in [-0.05, 0) is 30.4 Å². The van der Waals surface area contributed by atoms with Crippen molar-refractivity contribution in [2.24, 2.45) is 0 Å². The summed E-state index contributed by atoms with van der Waals surface area (Å²) in [7, 11) is 0. The molecule has 4 rings (SSSR count). The van der Waals surface area contributed by atoms with Crippen molar-refractivity contribution in [3.05, 3.63) is 57.9 Å². The van der Waals surface area contributed by atoms with Gasteiger partial charge in [0.1, 0.15) is 0 Å². The summed E-state index contributed by atoms with van der Waals surface area (Å²) in [4.78, 5) is 12.5. The van der Waals surface area contributed by atoms with Gasteiger partial charge in [-0.1, -0.05) is 35.9 Å². The summed E-state index contributed by atoms with van der Waals surface area (Å²) < 4.78 is 1.93. The van der Waals surface area contributed by atoms with Gasteiger partial charge in [-0.15, -0.1) is 0 Å². The molecule has 0 atom stereocenters. The van der Waals surface area contributed by atoms with Crippen LogP contribution in [0.5, 0.6) is 0 Å². The van der Waals surface area contributed by atoms with Gasteiger partial charge in [0.2, 0.25) is 0 Å². The molecule has 0 fully saturated rings. The zero-order valence-electron chi connectivity index (χ0n) is 10.2. The predicted molar refractivity (Wildman–Crippen MR) is 74.2 cm³/mol. The summed E-state index contributed by atoms with van der Waals surface area (Å²) in [6.07, 6.45) is 0.974. The summed E-state index contributed by atoms with van der Waals surface area (Å²) in [6, 6.07) is 12.5. The highest BCUT2D eigenvalue weighted by Crippen LogP contribution is 2.29. The van der Waals surface area contributed by atoms with E-state index in [9.17, 15) is 4.79 Å². The molecule has 18 heavy (non-hydrogen) atoms. The molecule has 2 heteroatoms. The minimum absolute atomic E-state index is 0.155. The summed E-state index contributed by atoms with van der Waals surface area (Å²) in [5, 5.41) is 3.14. The molecule has 0 spiro atoms. The topological polar surface area (TPSA) is 22.0 Å². The van der Waals surface area contributed by atoms with Crippen LogP contribution in [0.3, 0.4) is 0 Å². The lowest BCUT2D eigenvalue weighted by Gasteiger charge is -2.08. The highest BCUT2D eigenvalue weighted by molar-refractivity contribution is 6.07. The zero-order valence-corrected chi connectivity index (χ0v) is 10.2. The van der Waals surface area contributed by atoms with Gasteiger partial charge < -0.3 is 4.57 Å². The lowest BCUT2D eigenvalue weighted by Crippen LogP contribution is -2.18. The van der Waals surface area contributed by atoms with Crippen LogP contribution in [0.25, 0.3) is 21.7 Å². The fourth-order valence-electron chi connectivity index (χ4n) is 3.09. The highest BCUT2D eigenvalue weighted by atomic mass is 16.1. The molecule has 0 saturated heterocycles. The van der Waals surface area contributed by atoms with Crippen LogP contribution in [-0.2, 0) is 13.0 Å². The van der Waals surface area contributed by atoms with Crippen molar-refractivity contribution in [3.8, 4) is 0 Å². The second-order valence-electron chi connectivity index (χ2n) is 5.07. The number of nitrogens with zero attached hydrogens (tertiary/aromatic N) is 1. The van der Waals surface area contributed by atoms with E-state index in [0.717, 1.165) is 29.3 Å². The highest BCUT2D eigenvalue weighted by Gasteiger charge is 2.18. The third kappa shape index (κ3) is 1.10. The molecule has 0 amide bonds. The first-order valence-corrected chi connectivity index (χ1v) is 6.30. The molecule has 1 aliphatic rings. The second kappa shape index (κ2) is 3.22. The summed E-state index contributed by atoms with van der Waals surface area (Å²) in [6.45, 7) is 2.89. The molecule has 2 aromatic carbocycles. The third-order valence-electron chi connectivity index (χ3n) is 3.94. The van der Waals surface area contributed by atoms with E-state index in [4.69, 9.17) is 0 Å². The Balaban J connectivity index is 2.40. The van der Waals surface area contributed by atoms with Crippen molar-refractivity contribution >= 4 is 21.7 Å². The van der Waals surface area contributed by atoms with Crippen LogP contribution >= 0.6 is 0 Å². The molecule has 1 aromatic heterocycles. The maximum Gasteiger partial charge on any atom is 0.258 e. The van der Waals surface area contributed by atoms with Gasteiger partial charge in [0.15, 0.2) is 0 Å². The Morgan fingerprint density at radius 1 is 1.06 bits per heavy atom. The van der Waals surface area contributed by atoms with Crippen molar-refractivity contribution in [2.45, 2.75) is 19.9 Å². The van der Waals surface area contributed by atoms with Crippen LogP contribution in [0.1, 0.15) is 11.1 Å². The molecule has 3 aromatic rings. The van der Waals surface area contributed by atoms with Gasteiger partial charge in [0.05, 0.1) is 5.52 Å². The van der Waals surface area contributed by atoms with Gasteiger partial charge >= 0.3 is 0 Å². The number of rotatable bonds is 0. The smallest absolute Gasteiger partial charge is 0.258 e. The Bertz CT molecular complexity index is 858. The number of hydrogen-bond donors (Lipinski definition) is 0. The fraction of sp³-hybridized carbons (Fsp3) is 0.188. The van der Waals surface area contributed by atoms with Crippen molar-refractivity contribution < 1.29 is 0 Å². The molecule has 0 unspecified atom stereocenters. The molecular weight excluding hydrogens is 222 g/mol. The lowest BCUT2D eigenvalue weighted by atomic mass is 10.0. The number of hydrogen-bond acceptors (Lipinski definition) is 1. The van der Waals surface area contributed by atoms with E-state index in [0.29, 0.717) is 0 Å². The summed E-state index contributed by atoms with van der Waals surface area (Å²) in [5.41, 5.74) is 3.79. The van der Waals surface area contributed by atoms with Gasteiger partial charge in [-0.25, -0.2) is 0 Å². The Kier molecular flexibility index (Phi) is 1.77. The van der Waals surface area contributed by atoms with Gasteiger partial charge in [0.25, 0.3) is 5.56 Å². The van der Waals surface area contributed by atoms with Crippen LogP contribution < -0.4 is 5.56 Å². The number of fused-ring (bicyclic) bond motifs is 2. The average molecular weight is 235 g/mol. The Morgan fingerprint density at radius 3 is 2.83 bits per heavy atom. The Hall–Kier alpha value is -2.09. The van der Waals surface area contributed by atoms with Crippen LogP contribution in [0.2, 0.25) is 0 Å². The normalized spacial score (nSPS) is 13.6.